The Morgan fingerprint density at radius 3 is 2.50 bits per heavy atom. The van der Waals surface area contributed by atoms with Crippen LogP contribution in [0.3, 0.4) is 0 Å². The number of ether oxygens (including phenoxy) is 1. The van der Waals surface area contributed by atoms with Crippen molar-refractivity contribution in [2.24, 2.45) is 10.9 Å². The average molecular weight is 282 g/mol. The van der Waals surface area contributed by atoms with Crippen molar-refractivity contribution in [2.45, 2.75) is 19.3 Å². The number of nitrogens with zero attached hydrogens (tertiary/aromatic N) is 3. The normalized spacial score (nSPS) is 21.5. The SMILES string of the molecule is CN=C(NCCN1CCC1)N1CCC(C(=O)OC)CC1. The molecule has 0 spiro atoms. The van der Waals surface area contributed by atoms with Crippen LogP contribution in [0, 0.1) is 5.92 Å². The lowest BCUT2D eigenvalue weighted by molar-refractivity contribution is -0.146. The van der Waals surface area contributed by atoms with E-state index in [1.165, 1.54) is 26.6 Å². The molecule has 2 rings (SSSR count). The molecule has 0 amide bonds. The van der Waals surface area contributed by atoms with Crippen LogP contribution in [-0.2, 0) is 9.53 Å². The fourth-order valence-electron chi connectivity index (χ4n) is 2.76. The van der Waals surface area contributed by atoms with Gasteiger partial charge in [-0.2, -0.15) is 0 Å². The lowest BCUT2D eigenvalue weighted by Crippen LogP contribution is -2.49. The second-order valence-corrected chi connectivity index (χ2v) is 5.45. The van der Waals surface area contributed by atoms with Gasteiger partial charge in [-0.25, -0.2) is 0 Å². The van der Waals surface area contributed by atoms with Crippen LogP contribution in [0.2, 0.25) is 0 Å². The zero-order valence-corrected chi connectivity index (χ0v) is 12.6. The number of hydrogen-bond donors (Lipinski definition) is 1. The van der Waals surface area contributed by atoms with Gasteiger partial charge in [-0.15, -0.1) is 0 Å². The van der Waals surface area contributed by atoms with E-state index in [1.54, 1.807) is 0 Å². The number of likely N-dealkylation sites (tertiary alicyclic amines) is 2. The van der Waals surface area contributed by atoms with Gasteiger partial charge >= 0.3 is 5.97 Å². The molecule has 0 radical (unpaired) electrons. The first kappa shape index (κ1) is 15.1. The van der Waals surface area contributed by atoms with Crippen molar-refractivity contribution < 1.29 is 9.53 Å². The highest BCUT2D eigenvalue weighted by atomic mass is 16.5. The second kappa shape index (κ2) is 7.47. The molecule has 0 saturated carbocycles. The first-order chi connectivity index (χ1) is 9.74. The topological polar surface area (TPSA) is 57.2 Å². The summed E-state index contributed by atoms with van der Waals surface area (Å²) in [5.41, 5.74) is 0. The number of esters is 1. The van der Waals surface area contributed by atoms with Crippen molar-refractivity contribution >= 4 is 11.9 Å². The molecule has 0 aromatic heterocycles. The highest BCUT2D eigenvalue weighted by molar-refractivity contribution is 5.80. The quantitative estimate of drug-likeness (QED) is 0.452. The van der Waals surface area contributed by atoms with Crippen molar-refractivity contribution in [3.63, 3.8) is 0 Å². The molecule has 0 unspecified atom stereocenters. The Bertz CT molecular complexity index is 347. The summed E-state index contributed by atoms with van der Waals surface area (Å²) in [6.07, 6.45) is 3.02. The van der Waals surface area contributed by atoms with E-state index in [2.05, 4.69) is 20.1 Å². The molecule has 2 aliphatic rings. The molecule has 2 aliphatic heterocycles. The molecule has 0 aromatic carbocycles. The number of aliphatic imine (C=N–C) groups is 1. The molecule has 0 bridgehead atoms. The van der Waals surface area contributed by atoms with Gasteiger partial charge in [0.25, 0.3) is 0 Å². The number of nitrogens with one attached hydrogen (secondary N) is 1. The summed E-state index contributed by atoms with van der Waals surface area (Å²) < 4.78 is 4.81. The first-order valence-corrected chi connectivity index (χ1v) is 7.50. The van der Waals surface area contributed by atoms with Gasteiger partial charge in [0.05, 0.1) is 13.0 Å². The third-order valence-corrected chi connectivity index (χ3v) is 4.20. The Kier molecular flexibility index (Phi) is 5.64. The predicted octanol–water partition coefficient (Wildman–Crippen LogP) is 0.153. The van der Waals surface area contributed by atoms with Gasteiger partial charge < -0.3 is 19.9 Å². The summed E-state index contributed by atoms with van der Waals surface area (Å²) in [7, 11) is 3.28. The summed E-state index contributed by atoms with van der Waals surface area (Å²) in [6, 6.07) is 0. The summed E-state index contributed by atoms with van der Waals surface area (Å²) in [5, 5.41) is 3.41. The number of piperidine rings is 1. The van der Waals surface area contributed by atoms with Crippen LogP contribution in [0.25, 0.3) is 0 Å². The standard InChI is InChI=1S/C14H26N4O2/c1-15-14(16-6-11-17-7-3-8-17)18-9-4-12(5-10-18)13(19)20-2/h12H,3-11H2,1-2H3,(H,15,16). The van der Waals surface area contributed by atoms with Crippen molar-refractivity contribution in [3.8, 4) is 0 Å². The van der Waals surface area contributed by atoms with Crippen LogP contribution in [0.5, 0.6) is 0 Å². The second-order valence-electron chi connectivity index (χ2n) is 5.45. The fraction of sp³-hybridized carbons (Fsp3) is 0.857. The zero-order chi connectivity index (χ0) is 14.4. The maximum Gasteiger partial charge on any atom is 0.308 e. The molecule has 6 nitrogen and oxygen atoms in total. The Balaban J connectivity index is 1.71. The molecule has 6 heteroatoms. The monoisotopic (exact) mass is 282 g/mol. The van der Waals surface area contributed by atoms with Crippen LogP contribution < -0.4 is 5.32 Å². The molecule has 0 aromatic rings. The lowest BCUT2D eigenvalue weighted by atomic mass is 9.97. The molecule has 20 heavy (non-hydrogen) atoms. The Morgan fingerprint density at radius 1 is 1.30 bits per heavy atom. The predicted molar refractivity (Wildman–Crippen MR) is 78.7 cm³/mol. The molecule has 114 valence electrons. The van der Waals surface area contributed by atoms with Crippen molar-refractivity contribution in [3.05, 3.63) is 0 Å². The Labute approximate surface area is 121 Å². The first-order valence-electron chi connectivity index (χ1n) is 7.50. The Morgan fingerprint density at radius 2 is 2.00 bits per heavy atom. The van der Waals surface area contributed by atoms with E-state index in [0.717, 1.165) is 45.0 Å². The van der Waals surface area contributed by atoms with Crippen molar-refractivity contribution in [2.75, 3.05) is 53.4 Å². The number of carbonyl (C=O) groups excluding carboxylic acids is 1. The molecular weight excluding hydrogens is 256 g/mol. The highest BCUT2D eigenvalue weighted by Crippen LogP contribution is 2.18. The maximum atomic E-state index is 11.5. The van der Waals surface area contributed by atoms with Gasteiger partial charge in [0, 0.05) is 33.2 Å². The molecule has 0 atom stereocenters. The van der Waals surface area contributed by atoms with Crippen molar-refractivity contribution in [1.82, 2.24) is 15.1 Å². The van der Waals surface area contributed by atoms with Gasteiger partial charge in [0.2, 0.25) is 0 Å². The third-order valence-electron chi connectivity index (χ3n) is 4.20. The van der Waals surface area contributed by atoms with Crippen LogP contribution in [-0.4, -0.2) is 75.2 Å². The van der Waals surface area contributed by atoms with E-state index in [-0.39, 0.29) is 11.9 Å². The molecule has 0 aliphatic carbocycles. The number of hydrogen-bond acceptors (Lipinski definition) is 4. The zero-order valence-electron chi connectivity index (χ0n) is 12.6. The van der Waals surface area contributed by atoms with E-state index in [1.807, 2.05) is 7.05 Å². The minimum atomic E-state index is -0.0784. The number of methoxy groups -OCH3 is 1. The van der Waals surface area contributed by atoms with Gasteiger partial charge in [0.1, 0.15) is 0 Å². The van der Waals surface area contributed by atoms with E-state index in [9.17, 15) is 4.79 Å². The molecule has 2 heterocycles. The summed E-state index contributed by atoms with van der Waals surface area (Å²) in [5.74, 6) is 0.926. The van der Waals surface area contributed by atoms with Gasteiger partial charge in [-0.05, 0) is 32.4 Å². The Hall–Kier alpha value is -1.30. The van der Waals surface area contributed by atoms with E-state index in [4.69, 9.17) is 4.74 Å². The van der Waals surface area contributed by atoms with Crippen LogP contribution >= 0.6 is 0 Å². The molecule has 1 N–H and O–H groups in total. The van der Waals surface area contributed by atoms with Gasteiger partial charge in [-0.3, -0.25) is 9.79 Å². The fourth-order valence-corrected chi connectivity index (χ4v) is 2.76. The van der Waals surface area contributed by atoms with Crippen LogP contribution in [0.1, 0.15) is 19.3 Å². The maximum absolute atomic E-state index is 11.5. The lowest BCUT2D eigenvalue weighted by Gasteiger charge is -2.34. The van der Waals surface area contributed by atoms with E-state index in [0.29, 0.717) is 0 Å². The van der Waals surface area contributed by atoms with E-state index >= 15 is 0 Å². The molecule has 2 fully saturated rings. The third kappa shape index (κ3) is 3.85. The van der Waals surface area contributed by atoms with Gasteiger partial charge in [0.15, 0.2) is 5.96 Å². The number of carbonyl (C=O) groups is 1. The summed E-state index contributed by atoms with van der Waals surface area (Å²) in [4.78, 5) is 20.5. The molecule has 2 saturated heterocycles. The van der Waals surface area contributed by atoms with E-state index < -0.39 is 0 Å². The van der Waals surface area contributed by atoms with Crippen LogP contribution in [0.15, 0.2) is 4.99 Å². The van der Waals surface area contributed by atoms with Gasteiger partial charge in [-0.1, -0.05) is 0 Å². The summed E-state index contributed by atoms with van der Waals surface area (Å²) >= 11 is 0. The minimum Gasteiger partial charge on any atom is -0.469 e. The number of guanidine groups is 1. The van der Waals surface area contributed by atoms with Crippen LogP contribution in [0.4, 0.5) is 0 Å². The minimum absolute atomic E-state index is 0.0513. The highest BCUT2D eigenvalue weighted by Gasteiger charge is 2.26. The number of rotatable bonds is 4. The average Bonchev–Trinajstić information content (AvgIpc) is 2.45. The van der Waals surface area contributed by atoms with Crippen molar-refractivity contribution in [1.29, 1.82) is 0 Å². The smallest absolute Gasteiger partial charge is 0.308 e. The molecular formula is C14H26N4O2. The summed E-state index contributed by atoms with van der Waals surface area (Å²) in [6.45, 7) is 6.20. The largest absolute Gasteiger partial charge is 0.469 e.